The Morgan fingerprint density at radius 3 is 2.36 bits per heavy atom. The summed E-state index contributed by atoms with van der Waals surface area (Å²) in [6.45, 7) is 3.01. The lowest BCUT2D eigenvalue weighted by molar-refractivity contribution is -0.145. The Labute approximate surface area is 189 Å². The zero-order chi connectivity index (χ0) is 23.8. The van der Waals surface area contributed by atoms with Gasteiger partial charge in [-0.25, -0.2) is 23.5 Å². The van der Waals surface area contributed by atoms with E-state index in [2.05, 4.69) is 15.3 Å². The molecule has 0 saturated carbocycles. The Balaban J connectivity index is 1.57. The quantitative estimate of drug-likeness (QED) is 0.448. The standard InChI is InChI=1S/C23H23F2N3O5/c1-4-31-20(29)13-33-16-7-5-15(6-8-16)28-23-26-10-17(11-27-23)32-12-18-21(24)14(2)9-19(30-3)22(18)25/h5-11H,4,12-13H2,1-3H3,(H,26,27,28). The average molecular weight is 459 g/mol. The van der Waals surface area contributed by atoms with E-state index in [0.29, 0.717) is 18.0 Å². The van der Waals surface area contributed by atoms with Crippen LogP contribution in [0.15, 0.2) is 42.7 Å². The highest BCUT2D eigenvalue weighted by molar-refractivity contribution is 5.71. The Morgan fingerprint density at radius 2 is 1.73 bits per heavy atom. The van der Waals surface area contributed by atoms with E-state index < -0.39 is 17.6 Å². The molecule has 3 aromatic rings. The molecule has 0 atom stereocenters. The van der Waals surface area contributed by atoms with Crippen molar-refractivity contribution in [2.75, 3.05) is 25.6 Å². The smallest absolute Gasteiger partial charge is 0.344 e. The molecule has 0 aliphatic carbocycles. The van der Waals surface area contributed by atoms with Crippen molar-refractivity contribution in [1.29, 1.82) is 0 Å². The second kappa shape index (κ2) is 11.1. The molecule has 1 aromatic heterocycles. The molecule has 2 aromatic carbocycles. The molecule has 3 rings (SSSR count). The fourth-order valence-corrected chi connectivity index (χ4v) is 2.80. The number of carbonyl (C=O) groups excluding carboxylic acids is 1. The molecule has 0 spiro atoms. The van der Waals surface area contributed by atoms with Crippen molar-refractivity contribution in [2.24, 2.45) is 0 Å². The number of halogens is 2. The summed E-state index contributed by atoms with van der Waals surface area (Å²) in [5.41, 5.74) is 0.697. The maximum absolute atomic E-state index is 14.4. The molecule has 0 amide bonds. The normalized spacial score (nSPS) is 10.5. The van der Waals surface area contributed by atoms with Gasteiger partial charge < -0.3 is 24.3 Å². The van der Waals surface area contributed by atoms with Crippen LogP contribution in [0, 0.1) is 18.6 Å². The number of nitrogens with one attached hydrogen (secondary N) is 1. The van der Waals surface area contributed by atoms with Gasteiger partial charge in [-0.15, -0.1) is 0 Å². The zero-order valence-electron chi connectivity index (χ0n) is 18.4. The van der Waals surface area contributed by atoms with E-state index in [0.717, 1.165) is 0 Å². The highest BCUT2D eigenvalue weighted by Crippen LogP contribution is 2.27. The van der Waals surface area contributed by atoms with Crippen LogP contribution in [0.2, 0.25) is 0 Å². The van der Waals surface area contributed by atoms with Crippen LogP contribution in [0.1, 0.15) is 18.1 Å². The van der Waals surface area contributed by atoms with E-state index in [1.807, 2.05) is 0 Å². The van der Waals surface area contributed by atoms with Gasteiger partial charge in [0.25, 0.3) is 0 Å². The second-order valence-corrected chi connectivity index (χ2v) is 6.78. The lowest BCUT2D eigenvalue weighted by Crippen LogP contribution is -2.14. The molecular weight excluding hydrogens is 436 g/mol. The first-order valence-electron chi connectivity index (χ1n) is 10.0. The Bertz CT molecular complexity index is 1090. The molecule has 0 bridgehead atoms. The van der Waals surface area contributed by atoms with E-state index in [4.69, 9.17) is 18.9 Å². The summed E-state index contributed by atoms with van der Waals surface area (Å²) in [4.78, 5) is 19.6. The van der Waals surface area contributed by atoms with Crippen LogP contribution in [0.3, 0.4) is 0 Å². The molecule has 0 fully saturated rings. The maximum atomic E-state index is 14.4. The van der Waals surface area contributed by atoms with E-state index in [1.165, 1.54) is 32.5 Å². The number of anilines is 2. The molecule has 1 heterocycles. The SMILES string of the molecule is CCOC(=O)COc1ccc(Nc2ncc(OCc3c(F)c(C)cc(OC)c3F)cn2)cc1. The van der Waals surface area contributed by atoms with Crippen LogP contribution < -0.4 is 19.5 Å². The van der Waals surface area contributed by atoms with E-state index in [1.54, 1.807) is 31.2 Å². The lowest BCUT2D eigenvalue weighted by atomic mass is 10.1. The first-order chi connectivity index (χ1) is 15.9. The van der Waals surface area contributed by atoms with Crippen molar-refractivity contribution < 1.29 is 32.5 Å². The van der Waals surface area contributed by atoms with Crippen LogP contribution >= 0.6 is 0 Å². The number of esters is 1. The number of ether oxygens (including phenoxy) is 4. The molecule has 0 aliphatic rings. The predicted octanol–water partition coefficient (Wildman–Crippen LogP) is 4.34. The molecule has 33 heavy (non-hydrogen) atoms. The van der Waals surface area contributed by atoms with E-state index >= 15 is 0 Å². The molecule has 0 aliphatic heterocycles. The Kier molecular flexibility index (Phi) is 7.96. The molecular formula is C23H23F2N3O5. The van der Waals surface area contributed by atoms with Crippen LogP contribution in [0.5, 0.6) is 17.2 Å². The molecule has 10 heteroatoms. The van der Waals surface area contributed by atoms with Crippen molar-refractivity contribution in [2.45, 2.75) is 20.5 Å². The molecule has 0 radical (unpaired) electrons. The summed E-state index contributed by atoms with van der Waals surface area (Å²) in [6, 6.07) is 8.10. The topological polar surface area (TPSA) is 91.8 Å². The van der Waals surface area contributed by atoms with Gasteiger partial charge >= 0.3 is 5.97 Å². The van der Waals surface area contributed by atoms with Crippen LogP contribution in [-0.4, -0.2) is 36.3 Å². The minimum absolute atomic E-state index is 0.0550. The van der Waals surface area contributed by atoms with E-state index in [9.17, 15) is 13.6 Å². The van der Waals surface area contributed by atoms with Crippen molar-refractivity contribution in [3.63, 3.8) is 0 Å². The van der Waals surface area contributed by atoms with Gasteiger partial charge in [-0.3, -0.25) is 0 Å². The van der Waals surface area contributed by atoms with E-state index in [-0.39, 0.29) is 41.8 Å². The number of carbonyl (C=O) groups is 1. The summed E-state index contributed by atoms with van der Waals surface area (Å²) < 4.78 is 49.2. The van der Waals surface area contributed by atoms with Gasteiger partial charge in [0.2, 0.25) is 5.95 Å². The number of nitrogens with zero attached hydrogens (tertiary/aromatic N) is 2. The molecule has 174 valence electrons. The third-order valence-corrected chi connectivity index (χ3v) is 4.44. The number of hydrogen-bond acceptors (Lipinski definition) is 8. The number of methoxy groups -OCH3 is 1. The van der Waals surface area contributed by atoms with Gasteiger partial charge in [-0.05, 0) is 49.7 Å². The highest BCUT2D eigenvalue weighted by atomic mass is 19.1. The van der Waals surface area contributed by atoms with Crippen molar-refractivity contribution in [1.82, 2.24) is 9.97 Å². The summed E-state index contributed by atoms with van der Waals surface area (Å²) in [5.74, 6) is -0.968. The summed E-state index contributed by atoms with van der Waals surface area (Å²) >= 11 is 0. The fourth-order valence-electron chi connectivity index (χ4n) is 2.80. The third-order valence-electron chi connectivity index (χ3n) is 4.44. The number of rotatable bonds is 10. The van der Waals surface area contributed by atoms with Gasteiger partial charge in [-0.2, -0.15) is 0 Å². The average Bonchev–Trinajstić information content (AvgIpc) is 2.82. The first-order valence-corrected chi connectivity index (χ1v) is 10.0. The predicted molar refractivity (Wildman–Crippen MR) is 116 cm³/mol. The molecule has 0 unspecified atom stereocenters. The number of benzene rings is 2. The van der Waals surface area contributed by atoms with Crippen molar-refractivity contribution >= 4 is 17.6 Å². The summed E-state index contributed by atoms with van der Waals surface area (Å²) in [6.07, 6.45) is 2.77. The van der Waals surface area contributed by atoms with Crippen molar-refractivity contribution in [3.05, 3.63) is 65.5 Å². The second-order valence-electron chi connectivity index (χ2n) is 6.78. The molecule has 0 saturated heterocycles. The first kappa shape index (κ1) is 23.7. The maximum Gasteiger partial charge on any atom is 0.344 e. The molecule has 1 N–H and O–H groups in total. The summed E-state index contributed by atoms with van der Waals surface area (Å²) in [7, 11) is 1.31. The largest absolute Gasteiger partial charge is 0.494 e. The van der Waals surface area contributed by atoms with Gasteiger partial charge in [-0.1, -0.05) is 0 Å². The summed E-state index contributed by atoms with van der Waals surface area (Å²) in [5, 5.41) is 3.00. The minimum Gasteiger partial charge on any atom is -0.494 e. The lowest BCUT2D eigenvalue weighted by Gasteiger charge is -2.12. The third kappa shape index (κ3) is 6.28. The van der Waals surface area contributed by atoms with Gasteiger partial charge in [0, 0.05) is 5.69 Å². The van der Waals surface area contributed by atoms with Gasteiger partial charge in [0.05, 0.1) is 31.7 Å². The minimum atomic E-state index is -0.811. The number of aromatic nitrogens is 2. The molecule has 8 nitrogen and oxygen atoms in total. The van der Waals surface area contributed by atoms with Crippen LogP contribution in [0.25, 0.3) is 0 Å². The van der Waals surface area contributed by atoms with Crippen LogP contribution in [-0.2, 0) is 16.1 Å². The van der Waals surface area contributed by atoms with Crippen LogP contribution in [0.4, 0.5) is 20.4 Å². The zero-order valence-corrected chi connectivity index (χ0v) is 18.4. The van der Waals surface area contributed by atoms with Gasteiger partial charge in [0.15, 0.2) is 23.9 Å². The number of hydrogen-bond donors (Lipinski definition) is 1. The highest BCUT2D eigenvalue weighted by Gasteiger charge is 2.18. The van der Waals surface area contributed by atoms with Crippen molar-refractivity contribution in [3.8, 4) is 17.2 Å². The fraction of sp³-hybridized carbons (Fsp3) is 0.261. The number of aryl methyl sites for hydroxylation is 1. The monoisotopic (exact) mass is 459 g/mol. The Morgan fingerprint density at radius 1 is 1.03 bits per heavy atom. The Hall–Kier alpha value is -3.95. The van der Waals surface area contributed by atoms with Gasteiger partial charge in [0.1, 0.15) is 18.2 Å².